The van der Waals surface area contributed by atoms with Gasteiger partial charge in [-0.2, -0.15) is 0 Å². The van der Waals surface area contributed by atoms with Crippen LogP contribution in [0.2, 0.25) is 5.02 Å². The topological polar surface area (TPSA) is 60.5 Å². The number of carbonyl (C=O) groups is 1. The number of nitrogens with one attached hydrogen (secondary N) is 1. The molecule has 0 spiro atoms. The van der Waals surface area contributed by atoms with Crippen LogP contribution in [0.5, 0.6) is 0 Å². The second-order valence-electron chi connectivity index (χ2n) is 3.73. The highest BCUT2D eigenvalue weighted by atomic mass is 35.5. The van der Waals surface area contributed by atoms with Crippen molar-refractivity contribution in [2.75, 3.05) is 32.7 Å². The molecule has 0 saturated heterocycles. The van der Waals surface area contributed by atoms with Gasteiger partial charge < -0.3 is 14.8 Å². The van der Waals surface area contributed by atoms with Crippen LogP contribution in [0, 0.1) is 0 Å². The maximum absolute atomic E-state index is 11.5. The number of nitrogens with zero attached hydrogens (tertiary/aromatic N) is 1. The van der Waals surface area contributed by atoms with Crippen molar-refractivity contribution >= 4 is 44.3 Å². The molecule has 1 aromatic carbocycles. The Morgan fingerprint density at radius 1 is 1.47 bits per heavy atom. The Bertz CT molecular complexity index is 600. The summed E-state index contributed by atoms with van der Waals surface area (Å²) in [4.78, 5) is 15.9. The molecule has 0 radical (unpaired) electrons. The Labute approximate surface area is 119 Å². The number of hydrogen-bond acceptors (Lipinski definition) is 6. The van der Waals surface area contributed by atoms with E-state index >= 15 is 0 Å². The maximum atomic E-state index is 11.5. The maximum Gasteiger partial charge on any atom is 0.339 e. The molecule has 5 nitrogen and oxygen atoms in total. The second-order valence-corrected chi connectivity index (χ2v) is 5.17. The third kappa shape index (κ3) is 3.15. The molecule has 19 heavy (non-hydrogen) atoms. The van der Waals surface area contributed by atoms with E-state index in [1.807, 2.05) is 0 Å². The summed E-state index contributed by atoms with van der Waals surface area (Å²) in [5.74, 6) is -0.464. The molecule has 2 aromatic rings. The van der Waals surface area contributed by atoms with Gasteiger partial charge in [0.2, 0.25) is 0 Å². The van der Waals surface area contributed by atoms with Crippen molar-refractivity contribution in [3.05, 3.63) is 22.7 Å². The summed E-state index contributed by atoms with van der Waals surface area (Å²) in [6.07, 6.45) is 0. The molecule has 0 amide bonds. The summed E-state index contributed by atoms with van der Waals surface area (Å²) in [5.41, 5.74) is 1.04. The monoisotopic (exact) mass is 300 g/mol. The number of fused-ring (bicyclic) bond motifs is 1. The van der Waals surface area contributed by atoms with Crippen molar-refractivity contribution in [1.29, 1.82) is 0 Å². The van der Waals surface area contributed by atoms with Crippen molar-refractivity contribution in [3.8, 4) is 0 Å². The molecule has 0 fully saturated rings. The normalized spacial score (nSPS) is 10.7. The summed E-state index contributed by atoms with van der Waals surface area (Å²) in [6, 6.07) is 3.36. The fraction of sp³-hybridized carbons (Fsp3) is 0.333. The van der Waals surface area contributed by atoms with E-state index in [1.54, 1.807) is 19.2 Å². The molecule has 0 saturated carbocycles. The van der Waals surface area contributed by atoms with Crippen LogP contribution in [0.25, 0.3) is 10.2 Å². The minimum absolute atomic E-state index is 0.324. The van der Waals surface area contributed by atoms with Crippen molar-refractivity contribution in [3.63, 3.8) is 0 Å². The molecule has 0 aliphatic carbocycles. The summed E-state index contributed by atoms with van der Waals surface area (Å²) >= 11 is 7.53. The first-order chi connectivity index (χ1) is 9.15. The standard InChI is InChI=1S/C12H13ClN2O3S/c1-17-4-3-14-12-15-9-5-7(11(16)18-2)8(13)6-10(9)19-12/h5-6H,3-4H2,1-2H3,(H,14,15). The molecule has 102 valence electrons. The van der Waals surface area contributed by atoms with Crippen LogP contribution >= 0.6 is 22.9 Å². The smallest absolute Gasteiger partial charge is 0.339 e. The molecule has 0 unspecified atom stereocenters. The molecule has 2 rings (SSSR count). The van der Waals surface area contributed by atoms with E-state index in [2.05, 4.69) is 15.0 Å². The van der Waals surface area contributed by atoms with Crippen LogP contribution in [0.4, 0.5) is 5.13 Å². The summed E-state index contributed by atoms with van der Waals surface area (Å²) in [5, 5.41) is 4.28. The van der Waals surface area contributed by atoms with Crippen LogP contribution in [-0.4, -0.2) is 38.3 Å². The summed E-state index contributed by atoms with van der Waals surface area (Å²) in [7, 11) is 2.96. The number of esters is 1. The Kier molecular flexibility index (Phi) is 4.57. The highest BCUT2D eigenvalue weighted by molar-refractivity contribution is 7.22. The molecule has 1 N–H and O–H groups in total. The van der Waals surface area contributed by atoms with Crippen LogP contribution in [0.15, 0.2) is 12.1 Å². The lowest BCUT2D eigenvalue weighted by molar-refractivity contribution is 0.0601. The van der Waals surface area contributed by atoms with Gasteiger partial charge in [-0.05, 0) is 12.1 Å². The van der Waals surface area contributed by atoms with Crippen molar-refractivity contribution < 1.29 is 14.3 Å². The Morgan fingerprint density at radius 3 is 2.95 bits per heavy atom. The van der Waals surface area contributed by atoms with Gasteiger partial charge in [-0.25, -0.2) is 9.78 Å². The van der Waals surface area contributed by atoms with Crippen molar-refractivity contribution in [2.45, 2.75) is 0 Å². The van der Waals surface area contributed by atoms with Gasteiger partial charge in [0.15, 0.2) is 5.13 Å². The van der Waals surface area contributed by atoms with Crippen LogP contribution in [-0.2, 0) is 9.47 Å². The predicted octanol–water partition coefficient (Wildman–Crippen LogP) is 2.79. The predicted molar refractivity (Wildman–Crippen MR) is 76.3 cm³/mol. The number of ether oxygens (including phenoxy) is 2. The lowest BCUT2D eigenvalue weighted by atomic mass is 10.2. The molecule has 0 atom stereocenters. The second kappa shape index (κ2) is 6.18. The van der Waals surface area contributed by atoms with Gasteiger partial charge in [-0.3, -0.25) is 0 Å². The van der Waals surface area contributed by atoms with E-state index in [0.717, 1.165) is 15.3 Å². The number of rotatable bonds is 5. The lowest BCUT2D eigenvalue weighted by Crippen LogP contribution is -2.06. The van der Waals surface area contributed by atoms with Crippen LogP contribution < -0.4 is 5.32 Å². The number of aromatic nitrogens is 1. The van der Waals surface area contributed by atoms with Gasteiger partial charge in [0, 0.05) is 13.7 Å². The lowest BCUT2D eigenvalue weighted by Gasteiger charge is -2.01. The van der Waals surface area contributed by atoms with Gasteiger partial charge in [0.1, 0.15) is 0 Å². The fourth-order valence-corrected chi connectivity index (χ4v) is 2.77. The number of methoxy groups -OCH3 is 2. The SMILES string of the molecule is COCCNc1nc2cc(C(=O)OC)c(Cl)cc2s1. The van der Waals surface area contributed by atoms with E-state index in [-0.39, 0.29) is 0 Å². The zero-order valence-electron chi connectivity index (χ0n) is 10.5. The Balaban J connectivity index is 2.29. The highest BCUT2D eigenvalue weighted by Gasteiger charge is 2.14. The van der Waals surface area contributed by atoms with E-state index in [4.69, 9.17) is 16.3 Å². The van der Waals surface area contributed by atoms with Gasteiger partial charge in [-0.1, -0.05) is 22.9 Å². The summed E-state index contributed by atoms with van der Waals surface area (Å²) < 4.78 is 10.5. The minimum atomic E-state index is -0.464. The van der Waals surface area contributed by atoms with Crippen molar-refractivity contribution in [2.24, 2.45) is 0 Å². The average Bonchev–Trinajstić information content (AvgIpc) is 2.78. The molecule has 0 aliphatic heterocycles. The number of thiazole rings is 1. The average molecular weight is 301 g/mol. The van der Waals surface area contributed by atoms with Gasteiger partial charge >= 0.3 is 5.97 Å². The molecule has 1 aromatic heterocycles. The number of halogens is 1. The van der Waals surface area contributed by atoms with E-state index in [9.17, 15) is 4.79 Å². The highest BCUT2D eigenvalue weighted by Crippen LogP contribution is 2.31. The summed E-state index contributed by atoms with van der Waals surface area (Å²) in [6.45, 7) is 1.28. The molecule has 0 aliphatic rings. The first-order valence-electron chi connectivity index (χ1n) is 5.57. The van der Waals surface area contributed by atoms with Crippen molar-refractivity contribution in [1.82, 2.24) is 4.98 Å². The largest absolute Gasteiger partial charge is 0.465 e. The molecular formula is C12H13ClN2O3S. The van der Waals surface area contributed by atoms with E-state index in [1.165, 1.54) is 18.4 Å². The number of anilines is 1. The van der Waals surface area contributed by atoms with Crippen LogP contribution in [0.1, 0.15) is 10.4 Å². The molecular weight excluding hydrogens is 288 g/mol. The first kappa shape index (κ1) is 14.0. The first-order valence-corrected chi connectivity index (χ1v) is 6.76. The van der Waals surface area contributed by atoms with E-state index in [0.29, 0.717) is 23.7 Å². The number of benzene rings is 1. The minimum Gasteiger partial charge on any atom is -0.465 e. The quantitative estimate of drug-likeness (QED) is 0.679. The molecule has 7 heteroatoms. The number of hydrogen-bond donors (Lipinski definition) is 1. The molecule has 1 heterocycles. The van der Waals surface area contributed by atoms with Gasteiger partial charge in [-0.15, -0.1) is 0 Å². The Morgan fingerprint density at radius 2 is 2.26 bits per heavy atom. The van der Waals surface area contributed by atoms with Gasteiger partial charge in [0.25, 0.3) is 0 Å². The third-order valence-electron chi connectivity index (χ3n) is 2.46. The zero-order chi connectivity index (χ0) is 13.8. The fourth-order valence-electron chi connectivity index (χ4n) is 1.55. The van der Waals surface area contributed by atoms with E-state index < -0.39 is 5.97 Å². The zero-order valence-corrected chi connectivity index (χ0v) is 12.1. The Hall–Kier alpha value is -1.37. The third-order valence-corrected chi connectivity index (χ3v) is 3.75. The van der Waals surface area contributed by atoms with Gasteiger partial charge in [0.05, 0.1) is 34.5 Å². The number of carbonyl (C=O) groups excluding carboxylic acids is 1. The van der Waals surface area contributed by atoms with Crippen LogP contribution in [0.3, 0.4) is 0 Å². The molecule has 0 bridgehead atoms.